The molecule has 0 bridgehead atoms. The van der Waals surface area contributed by atoms with Crippen LogP contribution in [0.15, 0.2) is 16.7 Å². The molecule has 14 heavy (non-hydrogen) atoms. The normalized spacial score (nSPS) is 10.9. The second kappa shape index (κ2) is 3.01. The lowest BCUT2D eigenvalue weighted by atomic mass is 10.3. The van der Waals surface area contributed by atoms with Gasteiger partial charge >= 0.3 is 0 Å². The molecule has 0 aliphatic rings. The Labute approximate surface area is 83.3 Å². The van der Waals surface area contributed by atoms with Gasteiger partial charge in [-0.25, -0.2) is 0 Å². The molecule has 3 heteroatoms. The fourth-order valence-corrected chi connectivity index (χ4v) is 1.60. The molecule has 0 spiro atoms. The molecule has 0 saturated heterocycles. The second-order valence-corrected chi connectivity index (χ2v) is 3.65. The molecule has 2 heterocycles. The van der Waals surface area contributed by atoms with Crippen LogP contribution in [0.25, 0.3) is 5.88 Å². The summed E-state index contributed by atoms with van der Waals surface area (Å²) in [5, 5.41) is 3.96. The van der Waals surface area contributed by atoms with E-state index in [0.29, 0.717) is 0 Å². The molecule has 0 saturated carbocycles. The van der Waals surface area contributed by atoms with E-state index in [0.717, 1.165) is 17.1 Å². The zero-order valence-electron chi connectivity index (χ0n) is 8.96. The summed E-state index contributed by atoms with van der Waals surface area (Å²) in [7, 11) is 0. The molecule has 2 rings (SSSR count). The number of hydrogen-bond acceptors (Lipinski definition) is 2. The molecule has 0 radical (unpaired) electrons. The van der Waals surface area contributed by atoms with Crippen LogP contribution in [0, 0.1) is 27.7 Å². The molecule has 0 amide bonds. The predicted octanol–water partition coefficient (Wildman–Crippen LogP) is 2.70. The molecule has 3 nitrogen and oxygen atoms in total. The molecular weight excluding hydrogens is 176 g/mol. The van der Waals surface area contributed by atoms with Crippen LogP contribution in [-0.4, -0.2) is 9.72 Å². The van der Waals surface area contributed by atoms with Gasteiger partial charge in [-0.2, -0.15) is 0 Å². The Morgan fingerprint density at radius 3 is 2.07 bits per heavy atom. The van der Waals surface area contributed by atoms with Crippen LogP contribution in [0.2, 0.25) is 0 Å². The third-order valence-corrected chi connectivity index (χ3v) is 2.61. The van der Waals surface area contributed by atoms with E-state index in [4.69, 9.17) is 4.52 Å². The van der Waals surface area contributed by atoms with Crippen LogP contribution < -0.4 is 0 Å². The van der Waals surface area contributed by atoms with Gasteiger partial charge in [-0.05, 0) is 39.8 Å². The van der Waals surface area contributed by atoms with E-state index >= 15 is 0 Å². The topological polar surface area (TPSA) is 31.0 Å². The Morgan fingerprint density at radius 1 is 1.07 bits per heavy atom. The highest BCUT2D eigenvalue weighted by Crippen LogP contribution is 2.21. The molecule has 0 N–H and O–H groups in total. The van der Waals surface area contributed by atoms with Gasteiger partial charge in [0.25, 0.3) is 0 Å². The molecule has 2 aromatic heterocycles. The Kier molecular flexibility index (Phi) is 1.95. The van der Waals surface area contributed by atoms with Crippen molar-refractivity contribution in [2.75, 3.05) is 0 Å². The van der Waals surface area contributed by atoms with Gasteiger partial charge in [-0.15, -0.1) is 0 Å². The second-order valence-electron chi connectivity index (χ2n) is 3.65. The lowest BCUT2D eigenvalue weighted by Crippen LogP contribution is -1.98. The molecule has 0 atom stereocenters. The number of aromatic nitrogens is 2. The van der Waals surface area contributed by atoms with Crippen LogP contribution in [0.4, 0.5) is 0 Å². The first-order chi connectivity index (χ1) is 6.61. The molecule has 0 aliphatic carbocycles. The maximum Gasteiger partial charge on any atom is 0.238 e. The van der Waals surface area contributed by atoms with Crippen LogP contribution in [-0.2, 0) is 0 Å². The minimum Gasteiger partial charge on any atom is -0.337 e. The highest BCUT2D eigenvalue weighted by molar-refractivity contribution is 5.37. The predicted molar refractivity (Wildman–Crippen MR) is 54.8 cm³/mol. The molecule has 0 aliphatic heterocycles. The minimum atomic E-state index is 0.836. The van der Waals surface area contributed by atoms with E-state index in [1.54, 1.807) is 0 Å². The minimum absolute atomic E-state index is 0.836. The summed E-state index contributed by atoms with van der Waals surface area (Å²) in [6, 6.07) is 4.15. The number of aryl methyl sites for hydroxylation is 3. The van der Waals surface area contributed by atoms with Crippen LogP contribution in [0.3, 0.4) is 0 Å². The van der Waals surface area contributed by atoms with Crippen LogP contribution >= 0.6 is 0 Å². The third-order valence-electron chi connectivity index (χ3n) is 2.61. The molecule has 2 aromatic rings. The molecule has 74 valence electrons. The Hall–Kier alpha value is -1.51. The van der Waals surface area contributed by atoms with Crippen molar-refractivity contribution < 1.29 is 4.52 Å². The number of nitrogens with zero attached hydrogens (tertiary/aromatic N) is 2. The zero-order chi connectivity index (χ0) is 10.3. The first kappa shape index (κ1) is 9.06. The van der Waals surface area contributed by atoms with E-state index in [9.17, 15) is 0 Å². The van der Waals surface area contributed by atoms with Gasteiger partial charge in [-0.3, -0.25) is 4.57 Å². The van der Waals surface area contributed by atoms with Crippen LogP contribution in [0.5, 0.6) is 0 Å². The Bertz CT molecular complexity index is 446. The highest BCUT2D eigenvalue weighted by atomic mass is 16.5. The lowest BCUT2D eigenvalue weighted by molar-refractivity contribution is 0.399. The van der Waals surface area contributed by atoms with Crippen molar-refractivity contribution in [2.24, 2.45) is 0 Å². The van der Waals surface area contributed by atoms with E-state index in [-0.39, 0.29) is 0 Å². The molecule has 0 fully saturated rings. The van der Waals surface area contributed by atoms with Gasteiger partial charge in [0.15, 0.2) is 0 Å². The van der Waals surface area contributed by atoms with Gasteiger partial charge in [0, 0.05) is 17.0 Å². The fraction of sp³-hybridized carbons (Fsp3) is 0.364. The van der Waals surface area contributed by atoms with Crippen molar-refractivity contribution in [3.8, 4) is 5.88 Å². The third kappa shape index (κ3) is 1.16. The summed E-state index contributed by atoms with van der Waals surface area (Å²) in [5.41, 5.74) is 4.39. The number of rotatable bonds is 1. The largest absolute Gasteiger partial charge is 0.337 e. The Morgan fingerprint density at radius 2 is 1.64 bits per heavy atom. The van der Waals surface area contributed by atoms with E-state index in [2.05, 4.69) is 35.7 Å². The summed E-state index contributed by atoms with van der Waals surface area (Å²) < 4.78 is 7.39. The fourth-order valence-electron chi connectivity index (χ4n) is 1.60. The van der Waals surface area contributed by atoms with Gasteiger partial charge in [-0.1, -0.05) is 5.16 Å². The SMILES string of the molecule is Cc1noc(-n2c(C)ccc2C)c1C. The summed E-state index contributed by atoms with van der Waals surface area (Å²) in [6.45, 7) is 8.10. The smallest absolute Gasteiger partial charge is 0.238 e. The standard InChI is InChI=1S/C11H14N2O/c1-7-5-6-8(2)13(7)11-9(3)10(4)12-14-11/h5-6H,1-4H3. The van der Waals surface area contributed by atoms with Crippen molar-refractivity contribution >= 4 is 0 Å². The average Bonchev–Trinajstić information content (AvgIpc) is 2.62. The summed E-state index contributed by atoms with van der Waals surface area (Å²) in [5.74, 6) is 0.836. The molecule has 0 unspecified atom stereocenters. The van der Waals surface area contributed by atoms with Crippen molar-refractivity contribution in [3.63, 3.8) is 0 Å². The molecular formula is C11H14N2O. The summed E-state index contributed by atoms with van der Waals surface area (Å²) in [6.07, 6.45) is 0. The van der Waals surface area contributed by atoms with E-state index in [1.807, 2.05) is 13.8 Å². The Balaban J connectivity index is 2.65. The lowest BCUT2D eigenvalue weighted by Gasteiger charge is -2.04. The first-order valence-electron chi connectivity index (χ1n) is 4.69. The highest BCUT2D eigenvalue weighted by Gasteiger charge is 2.13. The van der Waals surface area contributed by atoms with Gasteiger partial charge in [0.05, 0.1) is 5.69 Å². The summed E-state index contributed by atoms with van der Waals surface area (Å²) >= 11 is 0. The van der Waals surface area contributed by atoms with Crippen molar-refractivity contribution in [2.45, 2.75) is 27.7 Å². The van der Waals surface area contributed by atoms with Gasteiger partial charge < -0.3 is 4.52 Å². The van der Waals surface area contributed by atoms with Crippen molar-refractivity contribution in [3.05, 3.63) is 34.8 Å². The maximum atomic E-state index is 5.31. The average molecular weight is 190 g/mol. The first-order valence-corrected chi connectivity index (χ1v) is 4.69. The van der Waals surface area contributed by atoms with E-state index in [1.165, 1.54) is 11.4 Å². The van der Waals surface area contributed by atoms with Crippen molar-refractivity contribution in [1.29, 1.82) is 0 Å². The van der Waals surface area contributed by atoms with Crippen molar-refractivity contribution in [1.82, 2.24) is 9.72 Å². The summed E-state index contributed by atoms with van der Waals surface area (Å²) in [4.78, 5) is 0. The van der Waals surface area contributed by atoms with E-state index < -0.39 is 0 Å². The quantitative estimate of drug-likeness (QED) is 0.692. The molecule has 0 aromatic carbocycles. The maximum absolute atomic E-state index is 5.31. The van der Waals surface area contributed by atoms with Crippen LogP contribution in [0.1, 0.15) is 22.6 Å². The zero-order valence-corrected chi connectivity index (χ0v) is 8.96. The van der Waals surface area contributed by atoms with Gasteiger partial charge in [0.2, 0.25) is 5.88 Å². The number of hydrogen-bond donors (Lipinski definition) is 0. The monoisotopic (exact) mass is 190 g/mol. The van der Waals surface area contributed by atoms with Gasteiger partial charge in [0.1, 0.15) is 0 Å².